The standard InChI is InChI=1S/C13H14ClFN4O2/c1-20-13-17-7-4-2-3-5-16-6-21-12-8(7)10(18-13)9(15)11(14)19-12/h16H,2-6H2,1H3. The molecular weight excluding hydrogens is 299 g/mol. The minimum atomic E-state index is -0.689. The van der Waals surface area contributed by atoms with E-state index < -0.39 is 5.82 Å². The van der Waals surface area contributed by atoms with Gasteiger partial charge >= 0.3 is 6.01 Å². The Morgan fingerprint density at radius 2 is 2.14 bits per heavy atom. The molecule has 8 heteroatoms. The van der Waals surface area contributed by atoms with Gasteiger partial charge in [-0.1, -0.05) is 11.6 Å². The first kappa shape index (κ1) is 14.2. The SMILES string of the molecule is COc1nc2c3c(nc(Cl)c(F)c3n1)OCNCCCC2. The summed E-state index contributed by atoms with van der Waals surface area (Å²) in [6.07, 6.45) is 2.54. The van der Waals surface area contributed by atoms with Crippen LogP contribution in [0.25, 0.3) is 10.9 Å². The lowest BCUT2D eigenvalue weighted by Gasteiger charge is -2.15. The second-order valence-electron chi connectivity index (χ2n) is 4.65. The summed E-state index contributed by atoms with van der Waals surface area (Å²) in [5, 5.41) is 3.30. The summed E-state index contributed by atoms with van der Waals surface area (Å²) in [7, 11) is 1.44. The van der Waals surface area contributed by atoms with Crippen molar-refractivity contribution in [3.05, 3.63) is 16.7 Å². The molecule has 1 aliphatic rings. The fraction of sp³-hybridized carbons (Fsp3) is 0.462. The smallest absolute Gasteiger partial charge is 0.317 e. The molecule has 0 bridgehead atoms. The number of hydrogen-bond acceptors (Lipinski definition) is 6. The first-order valence-electron chi connectivity index (χ1n) is 6.64. The molecule has 0 saturated carbocycles. The molecule has 3 heterocycles. The topological polar surface area (TPSA) is 69.2 Å². The molecular formula is C13H14ClFN4O2. The van der Waals surface area contributed by atoms with Gasteiger partial charge in [0.15, 0.2) is 11.0 Å². The van der Waals surface area contributed by atoms with Crippen molar-refractivity contribution in [2.75, 3.05) is 20.4 Å². The number of aromatic nitrogens is 3. The number of ether oxygens (including phenoxy) is 2. The summed E-state index contributed by atoms with van der Waals surface area (Å²) in [5.74, 6) is -0.450. The first-order valence-corrected chi connectivity index (χ1v) is 7.01. The van der Waals surface area contributed by atoms with Crippen molar-refractivity contribution >= 4 is 22.5 Å². The highest BCUT2D eigenvalue weighted by Gasteiger charge is 2.21. The molecule has 0 unspecified atom stereocenters. The second kappa shape index (κ2) is 5.95. The van der Waals surface area contributed by atoms with Crippen molar-refractivity contribution in [1.82, 2.24) is 20.3 Å². The van der Waals surface area contributed by atoms with Crippen LogP contribution in [0.15, 0.2) is 0 Å². The van der Waals surface area contributed by atoms with Gasteiger partial charge in [0.1, 0.15) is 12.2 Å². The van der Waals surface area contributed by atoms with Gasteiger partial charge in [-0.3, -0.25) is 5.32 Å². The first-order chi connectivity index (χ1) is 10.2. The maximum Gasteiger partial charge on any atom is 0.317 e. The highest BCUT2D eigenvalue weighted by molar-refractivity contribution is 6.30. The number of aryl methyl sites for hydroxylation is 1. The fourth-order valence-corrected chi connectivity index (χ4v) is 2.44. The summed E-state index contributed by atoms with van der Waals surface area (Å²) in [4.78, 5) is 12.3. The van der Waals surface area contributed by atoms with Crippen LogP contribution in [-0.2, 0) is 6.42 Å². The predicted molar refractivity (Wildman–Crippen MR) is 75.3 cm³/mol. The van der Waals surface area contributed by atoms with E-state index >= 15 is 0 Å². The third-order valence-electron chi connectivity index (χ3n) is 3.28. The molecule has 1 aliphatic heterocycles. The van der Waals surface area contributed by atoms with Gasteiger partial charge in [-0.05, 0) is 25.8 Å². The molecule has 0 atom stereocenters. The molecule has 0 aromatic carbocycles. The number of halogens is 2. The lowest BCUT2D eigenvalue weighted by Crippen LogP contribution is -2.23. The van der Waals surface area contributed by atoms with Gasteiger partial charge in [0.2, 0.25) is 5.88 Å². The Labute approximate surface area is 125 Å². The van der Waals surface area contributed by atoms with Crippen molar-refractivity contribution in [3.63, 3.8) is 0 Å². The molecule has 0 spiro atoms. The fourth-order valence-electron chi connectivity index (χ4n) is 2.27. The summed E-state index contributed by atoms with van der Waals surface area (Å²) in [6, 6.07) is 0.111. The van der Waals surface area contributed by atoms with Gasteiger partial charge in [0.05, 0.1) is 18.2 Å². The third kappa shape index (κ3) is 2.71. The van der Waals surface area contributed by atoms with Crippen LogP contribution in [0, 0.1) is 5.82 Å². The van der Waals surface area contributed by atoms with Crippen molar-refractivity contribution in [3.8, 4) is 11.9 Å². The van der Waals surface area contributed by atoms with E-state index in [1.165, 1.54) is 7.11 Å². The van der Waals surface area contributed by atoms with E-state index in [0.29, 0.717) is 17.5 Å². The number of nitrogens with one attached hydrogen (secondary N) is 1. The Morgan fingerprint density at radius 1 is 1.29 bits per heavy atom. The van der Waals surface area contributed by atoms with Gasteiger partial charge in [-0.2, -0.15) is 15.0 Å². The molecule has 0 saturated heterocycles. The predicted octanol–water partition coefficient (Wildman–Crippen LogP) is 2.09. The van der Waals surface area contributed by atoms with E-state index in [0.717, 1.165) is 19.4 Å². The second-order valence-corrected chi connectivity index (χ2v) is 5.01. The molecule has 0 radical (unpaired) electrons. The molecule has 0 fully saturated rings. The Hall–Kier alpha value is -1.73. The molecule has 2 aromatic rings. The van der Waals surface area contributed by atoms with Crippen LogP contribution in [0.3, 0.4) is 0 Å². The number of pyridine rings is 1. The lowest BCUT2D eigenvalue weighted by atomic mass is 10.1. The molecule has 3 rings (SSSR count). The van der Waals surface area contributed by atoms with Crippen molar-refractivity contribution in [2.24, 2.45) is 0 Å². The van der Waals surface area contributed by atoms with Crippen LogP contribution in [0.4, 0.5) is 4.39 Å². The molecule has 2 aromatic heterocycles. The minimum absolute atomic E-state index is 0.0763. The summed E-state index contributed by atoms with van der Waals surface area (Å²) in [5.41, 5.74) is 0.740. The molecule has 0 amide bonds. The number of methoxy groups -OCH3 is 1. The highest BCUT2D eigenvalue weighted by atomic mass is 35.5. The van der Waals surface area contributed by atoms with Gasteiger partial charge in [-0.15, -0.1) is 0 Å². The van der Waals surface area contributed by atoms with Crippen LogP contribution in [0.5, 0.6) is 11.9 Å². The zero-order valence-corrected chi connectivity index (χ0v) is 12.2. The Bertz CT molecular complexity index is 683. The monoisotopic (exact) mass is 312 g/mol. The Balaban J connectivity index is 2.28. The van der Waals surface area contributed by atoms with E-state index in [4.69, 9.17) is 21.1 Å². The Kier molecular flexibility index (Phi) is 4.03. The van der Waals surface area contributed by atoms with E-state index in [-0.39, 0.29) is 29.3 Å². The zero-order valence-electron chi connectivity index (χ0n) is 11.4. The van der Waals surface area contributed by atoms with E-state index in [1.54, 1.807) is 0 Å². The number of hydrogen-bond donors (Lipinski definition) is 1. The number of rotatable bonds is 1. The van der Waals surface area contributed by atoms with E-state index in [9.17, 15) is 4.39 Å². The van der Waals surface area contributed by atoms with Crippen LogP contribution >= 0.6 is 11.6 Å². The number of nitrogens with zero attached hydrogens (tertiary/aromatic N) is 3. The maximum atomic E-state index is 14.2. The third-order valence-corrected chi connectivity index (χ3v) is 3.53. The normalized spacial score (nSPS) is 15.6. The van der Waals surface area contributed by atoms with Crippen molar-refractivity contribution < 1.29 is 13.9 Å². The molecule has 21 heavy (non-hydrogen) atoms. The summed E-state index contributed by atoms with van der Waals surface area (Å²) < 4.78 is 24.8. The van der Waals surface area contributed by atoms with Gasteiger partial charge in [0.25, 0.3) is 0 Å². The maximum absolute atomic E-state index is 14.2. The molecule has 6 nitrogen and oxygen atoms in total. The van der Waals surface area contributed by atoms with Crippen LogP contribution in [-0.4, -0.2) is 35.3 Å². The van der Waals surface area contributed by atoms with Crippen LogP contribution < -0.4 is 14.8 Å². The molecule has 1 N–H and O–H groups in total. The van der Waals surface area contributed by atoms with Crippen LogP contribution in [0.2, 0.25) is 5.15 Å². The summed E-state index contributed by atoms with van der Waals surface area (Å²) >= 11 is 5.82. The van der Waals surface area contributed by atoms with E-state index in [2.05, 4.69) is 20.3 Å². The average Bonchev–Trinajstić information content (AvgIpc) is 2.50. The zero-order chi connectivity index (χ0) is 14.8. The van der Waals surface area contributed by atoms with Crippen molar-refractivity contribution in [2.45, 2.75) is 19.3 Å². The van der Waals surface area contributed by atoms with Crippen LogP contribution in [0.1, 0.15) is 18.5 Å². The quantitative estimate of drug-likeness (QED) is 0.813. The lowest BCUT2D eigenvalue weighted by molar-refractivity contribution is 0.274. The average molecular weight is 313 g/mol. The van der Waals surface area contributed by atoms with E-state index in [1.807, 2.05) is 0 Å². The molecule has 0 aliphatic carbocycles. The largest absolute Gasteiger partial charge is 0.467 e. The minimum Gasteiger partial charge on any atom is -0.467 e. The highest BCUT2D eigenvalue weighted by Crippen LogP contribution is 2.33. The Morgan fingerprint density at radius 3 is 2.95 bits per heavy atom. The molecule has 112 valence electrons. The van der Waals surface area contributed by atoms with Gasteiger partial charge < -0.3 is 9.47 Å². The van der Waals surface area contributed by atoms with Gasteiger partial charge in [-0.25, -0.2) is 4.39 Å². The van der Waals surface area contributed by atoms with Gasteiger partial charge in [0, 0.05) is 0 Å². The summed E-state index contributed by atoms with van der Waals surface area (Å²) in [6.45, 7) is 1.10. The van der Waals surface area contributed by atoms with Crippen molar-refractivity contribution in [1.29, 1.82) is 0 Å².